The van der Waals surface area contributed by atoms with Crippen LogP contribution in [0.3, 0.4) is 0 Å². The third-order valence-electron chi connectivity index (χ3n) is 1.52. The maximum Gasteiger partial charge on any atom is 0.180 e. The standard InChI is InChI=1S/C8H12O2S/c1-4-6-5-7(9-2)11-8(6)10-3/h5H,4H2,1-3H3. The maximum absolute atomic E-state index is 5.16. The lowest BCUT2D eigenvalue weighted by Crippen LogP contribution is -1.82. The van der Waals surface area contributed by atoms with E-state index in [9.17, 15) is 0 Å². The quantitative estimate of drug-likeness (QED) is 0.696. The summed E-state index contributed by atoms with van der Waals surface area (Å²) in [5.41, 5.74) is 1.22. The average molecular weight is 172 g/mol. The Labute approximate surface area is 70.8 Å². The maximum atomic E-state index is 5.16. The molecule has 0 aliphatic rings. The molecule has 0 saturated heterocycles. The van der Waals surface area contributed by atoms with Crippen molar-refractivity contribution in [3.63, 3.8) is 0 Å². The molecule has 0 saturated carbocycles. The Bertz CT molecular complexity index is 208. The fraction of sp³-hybridized carbons (Fsp3) is 0.500. The van der Waals surface area contributed by atoms with Gasteiger partial charge in [-0.1, -0.05) is 18.3 Å². The fourth-order valence-corrected chi connectivity index (χ4v) is 1.79. The zero-order valence-electron chi connectivity index (χ0n) is 7.01. The van der Waals surface area contributed by atoms with E-state index in [1.54, 1.807) is 14.2 Å². The number of hydrogen-bond acceptors (Lipinski definition) is 3. The smallest absolute Gasteiger partial charge is 0.180 e. The van der Waals surface area contributed by atoms with Gasteiger partial charge in [0.2, 0.25) is 0 Å². The second-order valence-corrected chi connectivity index (χ2v) is 3.12. The van der Waals surface area contributed by atoms with Crippen molar-refractivity contribution in [2.45, 2.75) is 13.3 Å². The number of hydrogen-bond donors (Lipinski definition) is 0. The lowest BCUT2D eigenvalue weighted by molar-refractivity contribution is 0.422. The van der Waals surface area contributed by atoms with Crippen molar-refractivity contribution in [3.05, 3.63) is 11.6 Å². The molecule has 0 bridgehead atoms. The number of thiophene rings is 1. The molecule has 0 atom stereocenters. The minimum atomic E-state index is 0.915. The van der Waals surface area contributed by atoms with Crippen molar-refractivity contribution >= 4 is 11.3 Å². The van der Waals surface area contributed by atoms with Gasteiger partial charge in [-0.05, 0) is 12.5 Å². The summed E-state index contributed by atoms with van der Waals surface area (Å²) in [6.07, 6.45) is 0.989. The van der Waals surface area contributed by atoms with Crippen molar-refractivity contribution < 1.29 is 9.47 Å². The van der Waals surface area contributed by atoms with Gasteiger partial charge in [0.25, 0.3) is 0 Å². The largest absolute Gasteiger partial charge is 0.487 e. The number of ether oxygens (including phenoxy) is 2. The summed E-state index contributed by atoms with van der Waals surface area (Å²) >= 11 is 1.54. The summed E-state index contributed by atoms with van der Waals surface area (Å²) in [6.45, 7) is 2.10. The molecule has 1 aromatic heterocycles. The van der Waals surface area contributed by atoms with Crippen LogP contribution in [0.2, 0.25) is 0 Å². The summed E-state index contributed by atoms with van der Waals surface area (Å²) in [4.78, 5) is 0. The molecule has 1 aromatic rings. The van der Waals surface area contributed by atoms with Gasteiger partial charge < -0.3 is 9.47 Å². The van der Waals surface area contributed by atoms with E-state index in [-0.39, 0.29) is 0 Å². The summed E-state index contributed by atoms with van der Waals surface area (Å²) in [7, 11) is 3.36. The fourth-order valence-electron chi connectivity index (χ4n) is 0.907. The molecule has 0 radical (unpaired) electrons. The molecule has 0 unspecified atom stereocenters. The SMILES string of the molecule is CCc1cc(OC)sc1OC. The van der Waals surface area contributed by atoms with Crippen LogP contribution in [0.25, 0.3) is 0 Å². The molecule has 3 heteroatoms. The number of rotatable bonds is 3. The topological polar surface area (TPSA) is 18.5 Å². The van der Waals surface area contributed by atoms with Crippen molar-refractivity contribution in [3.8, 4) is 10.1 Å². The highest BCUT2D eigenvalue weighted by molar-refractivity contribution is 7.15. The molecule has 0 aliphatic carbocycles. The first-order valence-electron chi connectivity index (χ1n) is 3.52. The molecule has 0 aromatic carbocycles. The van der Waals surface area contributed by atoms with Gasteiger partial charge in [-0.15, -0.1) is 0 Å². The summed E-state index contributed by atoms with van der Waals surface area (Å²) < 4.78 is 10.2. The van der Waals surface area contributed by atoms with Crippen LogP contribution in [0.5, 0.6) is 10.1 Å². The zero-order valence-corrected chi connectivity index (χ0v) is 7.83. The van der Waals surface area contributed by atoms with Crippen LogP contribution in [0.4, 0.5) is 0 Å². The lowest BCUT2D eigenvalue weighted by Gasteiger charge is -1.95. The molecule has 11 heavy (non-hydrogen) atoms. The van der Waals surface area contributed by atoms with Gasteiger partial charge in [0, 0.05) is 5.56 Å². The number of aryl methyl sites for hydroxylation is 1. The van der Waals surface area contributed by atoms with Gasteiger partial charge in [-0.25, -0.2) is 0 Å². The van der Waals surface area contributed by atoms with E-state index in [1.165, 1.54) is 16.9 Å². The third-order valence-corrected chi connectivity index (χ3v) is 2.61. The Morgan fingerprint density at radius 2 is 2.09 bits per heavy atom. The molecular formula is C8H12O2S. The van der Waals surface area contributed by atoms with E-state index in [0.717, 1.165) is 16.5 Å². The normalized spacial score (nSPS) is 9.73. The molecular weight excluding hydrogens is 160 g/mol. The highest BCUT2D eigenvalue weighted by Crippen LogP contribution is 2.35. The Balaban J connectivity index is 2.92. The van der Waals surface area contributed by atoms with Crippen molar-refractivity contribution in [1.29, 1.82) is 0 Å². The zero-order chi connectivity index (χ0) is 8.27. The second kappa shape index (κ2) is 3.62. The minimum Gasteiger partial charge on any atom is -0.487 e. The minimum absolute atomic E-state index is 0.915. The molecule has 2 nitrogen and oxygen atoms in total. The Morgan fingerprint density at radius 3 is 2.45 bits per heavy atom. The predicted octanol–water partition coefficient (Wildman–Crippen LogP) is 2.33. The van der Waals surface area contributed by atoms with Gasteiger partial charge in [-0.3, -0.25) is 0 Å². The monoisotopic (exact) mass is 172 g/mol. The van der Waals surface area contributed by atoms with Crippen LogP contribution in [0.1, 0.15) is 12.5 Å². The summed E-state index contributed by atoms with van der Waals surface area (Å²) in [5.74, 6) is 0. The van der Waals surface area contributed by atoms with Gasteiger partial charge in [0.15, 0.2) is 10.1 Å². The van der Waals surface area contributed by atoms with Gasteiger partial charge in [0.05, 0.1) is 14.2 Å². The van der Waals surface area contributed by atoms with E-state index in [4.69, 9.17) is 9.47 Å². The lowest BCUT2D eigenvalue weighted by atomic mass is 10.2. The molecule has 0 fully saturated rings. The molecule has 1 heterocycles. The van der Waals surface area contributed by atoms with Crippen LogP contribution < -0.4 is 9.47 Å². The molecule has 62 valence electrons. The van der Waals surface area contributed by atoms with Crippen LogP contribution >= 0.6 is 11.3 Å². The van der Waals surface area contributed by atoms with Crippen LogP contribution in [-0.2, 0) is 6.42 Å². The first-order valence-corrected chi connectivity index (χ1v) is 4.34. The highest BCUT2D eigenvalue weighted by atomic mass is 32.1. The first kappa shape index (κ1) is 8.40. The summed E-state index contributed by atoms with van der Waals surface area (Å²) in [6, 6.07) is 2.02. The van der Waals surface area contributed by atoms with Crippen molar-refractivity contribution in [2.75, 3.05) is 14.2 Å². The van der Waals surface area contributed by atoms with Crippen LogP contribution in [0, 0.1) is 0 Å². The van der Waals surface area contributed by atoms with E-state index in [1.807, 2.05) is 6.07 Å². The van der Waals surface area contributed by atoms with Gasteiger partial charge >= 0.3 is 0 Å². The van der Waals surface area contributed by atoms with Gasteiger partial charge in [0.1, 0.15) is 0 Å². The second-order valence-electron chi connectivity index (χ2n) is 2.14. The molecule has 0 amide bonds. The van der Waals surface area contributed by atoms with E-state index in [0.29, 0.717) is 0 Å². The predicted molar refractivity (Wildman–Crippen MR) is 46.8 cm³/mol. The Kier molecular flexibility index (Phi) is 2.76. The Morgan fingerprint density at radius 1 is 1.36 bits per heavy atom. The number of methoxy groups -OCH3 is 2. The average Bonchev–Trinajstić information content (AvgIpc) is 2.46. The first-order chi connectivity index (χ1) is 5.31. The third kappa shape index (κ3) is 1.66. The van der Waals surface area contributed by atoms with E-state index >= 15 is 0 Å². The van der Waals surface area contributed by atoms with Crippen LogP contribution in [-0.4, -0.2) is 14.2 Å². The van der Waals surface area contributed by atoms with Crippen molar-refractivity contribution in [1.82, 2.24) is 0 Å². The Hall–Kier alpha value is -0.700. The molecule has 0 spiro atoms. The van der Waals surface area contributed by atoms with Crippen LogP contribution in [0.15, 0.2) is 6.07 Å². The highest BCUT2D eigenvalue weighted by Gasteiger charge is 2.06. The molecule has 1 rings (SSSR count). The van der Waals surface area contributed by atoms with E-state index in [2.05, 4.69) is 6.92 Å². The van der Waals surface area contributed by atoms with Gasteiger partial charge in [-0.2, -0.15) is 0 Å². The van der Waals surface area contributed by atoms with E-state index < -0.39 is 0 Å². The molecule has 0 aliphatic heterocycles. The summed E-state index contributed by atoms with van der Waals surface area (Å²) in [5, 5.41) is 1.88. The van der Waals surface area contributed by atoms with Crippen molar-refractivity contribution in [2.24, 2.45) is 0 Å². The molecule has 0 N–H and O–H groups in total.